The number of carbonyl (C=O) groups excluding carboxylic acids is 1. The van der Waals surface area contributed by atoms with Gasteiger partial charge in [-0.3, -0.25) is 14.2 Å². The number of aromatic nitrogens is 2. The summed E-state index contributed by atoms with van der Waals surface area (Å²) in [5, 5.41) is 11.1. The molecule has 0 radical (unpaired) electrons. The predicted molar refractivity (Wildman–Crippen MR) is 124 cm³/mol. The van der Waals surface area contributed by atoms with Crippen LogP contribution in [0.2, 0.25) is 0 Å². The van der Waals surface area contributed by atoms with Gasteiger partial charge < -0.3 is 15.0 Å². The van der Waals surface area contributed by atoms with E-state index >= 15 is 0 Å². The summed E-state index contributed by atoms with van der Waals surface area (Å²) in [6, 6.07) is 14.7. The largest absolute Gasteiger partial charge is 0.388 e. The maximum Gasteiger partial charge on any atom is 0.262 e. The van der Waals surface area contributed by atoms with Crippen LogP contribution in [0.15, 0.2) is 66.0 Å². The molecule has 0 bridgehead atoms. The number of aliphatic hydroxyl groups excluding tert-OH is 1. The summed E-state index contributed by atoms with van der Waals surface area (Å²) >= 11 is 5.28. The average molecular weight is 436 g/mol. The molecule has 7 heteroatoms. The third-order valence-corrected chi connectivity index (χ3v) is 6.28. The summed E-state index contributed by atoms with van der Waals surface area (Å²) in [6.45, 7) is 5.15. The van der Waals surface area contributed by atoms with Crippen LogP contribution in [0.3, 0.4) is 0 Å². The molecule has 2 heterocycles. The van der Waals surface area contributed by atoms with Gasteiger partial charge in [-0.25, -0.2) is 0 Å². The molecule has 6 nitrogen and oxygen atoms in total. The van der Waals surface area contributed by atoms with E-state index in [1.807, 2.05) is 35.2 Å². The zero-order valence-electron chi connectivity index (χ0n) is 17.2. The number of piperidine rings is 1. The number of hydrogen-bond donors (Lipinski definition) is 2. The number of benzene rings is 2. The molecule has 3 aromatic rings. The standard InChI is InChI=1S/C24H25N3O3S/c1-2-12-27-23(30)19-9-8-18(15-20(19)25-24(27)31)22(29)26-13-10-17(11-14-26)21(28)16-6-4-3-5-7-16/h2-9,15,17,21,28H,1,10-14H2,(H,25,31). The minimum atomic E-state index is -0.517. The van der Waals surface area contributed by atoms with Crippen molar-refractivity contribution in [2.24, 2.45) is 5.92 Å². The third-order valence-electron chi connectivity index (χ3n) is 5.95. The molecule has 1 fully saturated rings. The van der Waals surface area contributed by atoms with Crippen molar-refractivity contribution in [3.63, 3.8) is 0 Å². The molecule has 1 atom stereocenters. The van der Waals surface area contributed by atoms with E-state index in [0.29, 0.717) is 40.9 Å². The van der Waals surface area contributed by atoms with E-state index in [1.165, 1.54) is 4.57 Å². The number of H-pyrrole nitrogens is 1. The molecule has 1 saturated heterocycles. The molecule has 1 aliphatic heterocycles. The van der Waals surface area contributed by atoms with Crippen LogP contribution < -0.4 is 5.56 Å². The van der Waals surface area contributed by atoms with E-state index in [-0.39, 0.29) is 17.4 Å². The highest BCUT2D eigenvalue weighted by molar-refractivity contribution is 7.71. The Morgan fingerprint density at radius 3 is 2.61 bits per heavy atom. The minimum Gasteiger partial charge on any atom is -0.388 e. The van der Waals surface area contributed by atoms with Gasteiger partial charge in [0.2, 0.25) is 0 Å². The number of allylic oxidation sites excluding steroid dienone is 1. The van der Waals surface area contributed by atoms with Crippen molar-refractivity contribution in [1.82, 2.24) is 14.5 Å². The highest BCUT2D eigenvalue weighted by atomic mass is 32.1. The first-order chi connectivity index (χ1) is 15.0. The first-order valence-corrected chi connectivity index (χ1v) is 10.8. The van der Waals surface area contributed by atoms with Crippen LogP contribution in [-0.2, 0) is 6.54 Å². The number of fused-ring (bicyclic) bond motifs is 1. The molecule has 2 aromatic carbocycles. The molecule has 0 spiro atoms. The molecule has 160 valence electrons. The van der Waals surface area contributed by atoms with Gasteiger partial charge in [0.15, 0.2) is 4.77 Å². The summed E-state index contributed by atoms with van der Waals surface area (Å²) in [5.41, 5.74) is 1.78. The Morgan fingerprint density at radius 1 is 1.23 bits per heavy atom. The summed E-state index contributed by atoms with van der Waals surface area (Å²) in [7, 11) is 0. The van der Waals surface area contributed by atoms with Gasteiger partial charge in [0, 0.05) is 25.2 Å². The number of likely N-dealkylation sites (tertiary alicyclic amines) is 1. The van der Waals surface area contributed by atoms with Crippen LogP contribution in [-0.4, -0.2) is 38.6 Å². The Kier molecular flexibility index (Phi) is 6.15. The van der Waals surface area contributed by atoms with Gasteiger partial charge in [-0.2, -0.15) is 0 Å². The number of nitrogens with zero attached hydrogens (tertiary/aromatic N) is 2. The summed E-state index contributed by atoms with van der Waals surface area (Å²) in [6.07, 6.45) is 2.58. The van der Waals surface area contributed by atoms with Gasteiger partial charge in [0.25, 0.3) is 11.5 Å². The number of rotatable bonds is 5. The van der Waals surface area contributed by atoms with Crippen LogP contribution in [0.5, 0.6) is 0 Å². The molecule has 2 N–H and O–H groups in total. The van der Waals surface area contributed by atoms with E-state index in [4.69, 9.17) is 12.2 Å². The van der Waals surface area contributed by atoms with Crippen molar-refractivity contribution in [2.45, 2.75) is 25.5 Å². The van der Waals surface area contributed by atoms with E-state index in [2.05, 4.69) is 11.6 Å². The highest BCUT2D eigenvalue weighted by Gasteiger charge is 2.28. The van der Waals surface area contributed by atoms with Crippen LogP contribution in [0.1, 0.15) is 34.9 Å². The van der Waals surface area contributed by atoms with Gasteiger partial charge in [0.05, 0.1) is 17.0 Å². The fourth-order valence-electron chi connectivity index (χ4n) is 4.21. The van der Waals surface area contributed by atoms with Crippen molar-refractivity contribution >= 4 is 29.0 Å². The van der Waals surface area contributed by atoms with Gasteiger partial charge in [-0.05, 0) is 54.7 Å². The van der Waals surface area contributed by atoms with Gasteiger partial charge in [-0.1, -0.05) is 36.4 Å². The lowest BCUT2D eigenvalue weighted by molar-refractivity contribution is 0.0462. The SMILES string of the molecule is C=CCn1c(=S)[nH]c2cc(C(=O)N3CCC(C(O)c4ccccc4)CC3)ccc2c1=O. The van der Waals surface area contributed by atoms with Crippen LogP contribution in [0, 0.1) is 10.7 Å². The molecule has 4 rings (SSSR count). The molecule has 1 aliphatic rings. The highest BCUT2D eigenvalue weighted by Crippen LogP contribution is 2.31. The fourth-order valence-corrected chi connectivity index (χ4v) is 4.47. The lowest BCUT2D eigenvalue weighted by Crippen LogP contribution is -2.39. The molecular weight excluding hydrogens is 410 g/mol. The zero-order chi connectivity index (χ0) is 22.0. The minimum absolute atomic E-state index is 0.0795. The van der Waals surface area contributed by atoms with Gasteiger partial charge in [0.1, 0.15) is 0 Å². The summed E-state index contributed by atoms with van der Waals surface area (Å²) in [4.78, 5) is 30.6. The second-order valence-electron chi connectivity index (χ2n) is 7.88. The van der Waals surface area contributed by atoms with E-state index in [0.717, 1.165) is 18.4 Å². The van der Waals surface area contributed by atoms with Crippen molar-refractivity contribution < 1.29 is 9.90 Å². The molecule has 1 unspecified atom stereocenters. The number of nitrogens with one attached hydrogen (secondary N) is 1. The Morgan fingerprint density at radius 2 is 1.94 bits per heavy atom. The Bertz CT molecular complexity index is 1220. The number of amides is 1. The van der Waals surface area contributed by atoms with Crippen molar-refractivity contribution in [1.29, 1.82) is 0 Å². The third kappa shape index (κ3) is 4.24. The lowest BCUT2D eigenvalue weighted by Gasteiger charge is -2.34. The van der Waals surface area contributed by atoms with E-state index in [9.17, 15) is 14.7 Å². The van der Waals surface area contributed by atoms with Crippen molar-refractivity contribution in [3.8, 4) is 0 Å². The monoisotopic (exact) mass is 435 g/mol. The second-order valence-corrected chi connectivity index (χ2v) is 8.27. The maximum absolute atomic E-state index is 13.1. The summed E-state index contributed by atoms with van der Waals surface area (Å²) in [5.74, 6) is 0.0478. The Hall–Kier alpha value is -3.03. The zero-order valence-corrected chi connectivity index (χ0v) is 18.0. The lowest BCUT2D eigenvalue weighted by atomic mass is 9.87. The molecular formula is C24H25N3O3S. The predicted octanol–water partition coefficient (Wildman–Crippen LogP) is 3.83. The number of aromatic amines is 1. The topological polar surface area (TPSA) is 78.3 Å². The Balaban J connectivity index is 1.50. The van der Waals surface area contributed by atoms with Gasteiger partial charge in [-0.15, -0.1) is 6.58 Å². The summed E-state index contributed by atoms with van der Waals surface area (Å²) < 4.78 is 1.74. The van der Waals surface area contributed by atoms with E-state index < -0.39 is 6.10 Å². The van der Waals surface area contributed by atoms with Crippen molar-refractivity contribution in [2.75, 3.05) is 13.1 Å². The average Bonchev–Trinajstić information content (AvgIpc) is 2.81. The first kappa shape index (κ1) is 21.2. The molecule has 0 aliphatic carbocycles. The molecule has 1 aromatic heterocycles. The van der Waals surface area contributed by atoms with Crippen LogP contribution >= 0.6 is 12.2 Å². The first-order valence-electron chi connectivity index (χ1n) is 10.4. The Labute approximate surface area is 185 Å². The number of hydrogen-bond acceptors (Lipinski definition) is 4. The maximum atomic E-state index is 13.1. The second kappa shape index (κ2) is 8.99. The quantitative estimate of drug-likeness (QED) is 0.472. The van der Waals surface area contributed by atoms with Crippen molar-refractivity contribution in [3.05, 3.63) is 87.4 Å². The molecule has 31 heavy (non-hydrogen) atoms. The van der Waals surface area contributed by atoms with Crippen LogP contribution in [0.25, 0.3) is 10.9 Å². The number of aliphatic hydroxyl groups is 1. The van der Waals surface area contributed by atoms with E-state index in [1.54, 1.807) is 24.3 Å². The van der Waals surface area contributed by atoms with Gasteiger partial charge >= 0.3 is 0 Å². The molecule has 0 saturated carbocycles. The normalized spacial score (nSPS) is 15.7. The molecule has 1 amide bonds. The van der Waals surface area contributed by atoms with Crippen LogP contribution in [0.4, 0.5) is 0 Å². The smallest absolute Gasteiger partial charge is 0.262 e. The number of carbonyl (C=O) groups is 1. The fraction of sp³-hybridized carbons (Fsp3) is 0.292.